The molecule has 0 aliphatic carbocycles. The van der Waals surface area contributed by atoms with Crippen molar-refractivity contribution in [1.29, 1.82) is 5.41 Å². The molecular formula is C26H24N6O4S. The molecule has 0 bridgehead atoms. The molecule has 11 heteroatoms. The number of amidine groups is 1. The van der Waals surface area contributed by atoms with Crippen LogP contribution in [0.5, 0.6) is 0 Å². The molecule has 37 heavy (non-hydrogen) atoms. The van der Waals surface area contributed by atoms with Crippen LogP contribution in [0.2, 0.25) is 0 Å². The summed E-state index contributed by atoms with van der Waals surface area (Å²) >= 11 is 1.29. The first-order valence-electron chi connectivity index (χ1n) is 10.9. The molecule has 10 nitrogen and oxygen atoms in total. The number of aromatic nitrogens is 2. The molecule has 1 atom stereocenters. The van der Waals surface area contributed by atoms with Gasteiger partial charge in [-0.3, -0.25) is 19.8 Å². The Balaban J connectivity index is 0.00000121. The van der Waals surface area contributed by atoms with Crippen LogP contribution in [-0.4, -0.2) is 38.8 Å². The van der Waals surface area contributed by atoms with Gasteiger partial charge in [-0.25, -0.2) is 0 Å². The van der Waals surface area contributed by atoms with Crippen molar-refractivity contribution in [3.63, 3.8) is 0 Å². The molecule has 0 radical (unpaired) electrons. The Labute approximate surface area is 216 Å². The van der Waals surface area contributed by atoms with Gasteiger partial charge in [0.05, 0.1) is 0 Å². The molecule has 6 N–H and O–H groups in total. The van der Waals surface area contributed by atoms with Gasteiger partial charge in [0.15, 0.2) is 0 Å². The zero-order valence-electron chi connectivity index (χ0n) is 19.5. The van der Waals surface area contributed by atoms with E-state index in [2.05, 4.69) is 20.2 Å². The number of nitrogens with zero attached hydrogens (tertiary/aromatic N) is 2. The van der Waals surface area contributed by atoms with Crippen LogP contribution in [0.3, 0.4) is 0 Å². The van der Waals surface area contributed by atoms with Crippen molar-refractivity contribution < 1.29 is 19.5 Å². The number of hydrogen-bond donors (Lipinski definition) is 5. The van der Waals surface area contributed by atoms with E-state index in [1.54, 1.807) is 48.5 Å². The number of amides is 2. The maximum atomic E-state index is 13.1. The molecule has 0 saturated carbocycles. The first-order valence-corrected chi connectivity index (χ1v) is 11.8. The van der Waals surface area contributed by atoms with Gasteiger partial charge in [-0.05, 0) is 46.9 Å². The highest BCUT2D eigenvalue weighted by atomic mass is 32.1. The molecule has 4 aromatic rings. The van der Waals surface area contributed by atoms with Gasteiger partial charge in [-0.1, -0.05) is 59.1 Å². The van der Waals surface area contributed by atoms with Gasteiger partial charge in [0.2, 0.25) is 11.8 Å². The molecule has 188 valence electrons. The van der Waals surface area contributed by atoms with Crippen molar-refractivity contribution in [3.05, 3.63) is 101 Å². The van der Waals surface area contributed by atoms with E-state index in [1.807, 2.05) is 35.7 Å². The minimum Gasteiger partial charge on any atom is -0.483 e. The predicted octanol–water partition coefficient (Wildman–Crippen LogP) is 3.23. The molecule has 0 aliphatic rings. The second kappa shape index (κ2) is 13.3. The predicted molar refractivity (Wildman–Crippen MR) is 141 cm³/mol. The number of carbonyl (C=O) groups excluding carboxylic acids is 2. The van der Waals surface area contributed by atoms with E-state index in [1.165, 1.54) is 11.5 Å². The second-order valence-electron chi connectivity index (χ2n) is 7.63. The van der Waals surface area contributed by atoms with Crippen LogP contribution >= 0.6 is 11.5 Å². The molecule has 4 rings (SSSR count). The van der Waals surface area contributed by atoms with Crippen LogP contribution in [0, 0.1) is 5.41 Å². The third kappa shape index (κ3) is 7.54. The zero-order chi connectivity index (χ0) is 26.6. The van der Waals surface area contributed by atoms with Crippen LogP contribution in [0.25, 0.3) is 11.3 Å². The summed E-state index contributed by atoms with van der Waals surface area (Å²) in [6, 6.07) is 23.1. The van der Waals surface area contributed by atoms with Crippen LogP contribution in [0.4, 0.5) is 5.69 Å². The number of nitrogens with two attached hydrogens (primary N) is 1. The lowest BCUT2D eigenvalue weighted by molar-refractivity contribution is -0.129. The Hall–Kier alpha value is -4.90. The van der Waals surface area contributed by atoms with E-state index in [-0.39, 0.29) is 18.9 Å². The molecule has 1 unspecified atom stereocenters. The molecule has 0 saturated heterocycles. The Morgan fingerprint density at radius 1 is 1.00 bits per heavy atom. The summed E-state index contributed by atoms with van der Waals surface area (Å²) in [5.74, 6) is -1.95. The third-order valence-corrected chi connectivity index (χ3v) is 5.70. The smallest absolute Gasteiger partial charge is 0.290 e. The fourth-order valence-corrected chi connectivity index (χ4v) is 3.86. The Morgan fingerprint density at radius 2 is 1.65 bits per heavy atom. The fraction of sp³-hybridized carbons (Fsp3) is 0.0769. The Kier molecular flexibility index (Phi) is 9.57. The lowest BCUT2D eigenvalue weighted by Crippen LogP contribution is -2.36. The lowest BCUT2D eigenvalue weighted by Gasteiger charge is -2.17. The molecule has 0 aliphatic heterocycles. The van der Waals surface area contributed by atoms with Crippen molar-refractivity contribution in [3.8, 4) is 11.3 Å². The maximum Gasteiger partial charge on any atom is 0.290 e. The van der Waals surface area contributed by atoms with E-state index >= 15 is 0 Å². The van der Waals surface area contributed by atoms with E-state index in [0.29, 0.717) is 16.8 Å². The summed E-state index contributed by atoms with van der Waals surface area (Å²) in [6.45, 7) is 0.0261. The quantitative estimate of drug-likeness (QED) is 0.104. The van der Waals surface area contributed by atoms with Gasteiger partial charge < -0.3 is 21.5 Å². The average Bonchev–Trinajstić information content (AvgIpc) is 3.44. The summed E-state index contributed by atoms with van der Waals surface area (Å²) < 4.78 is 3.87. The first-order chi connectivity index (χ1) is 17.9. The van der Waals surface area contributed by atoms with Crippen molar-refractivity contribution in [2.24, 2.45) is 5.73 Å². The van der Waals surface area contributed by atoms with Gasteiger partial charge in [0.25, 0.3) is 6.47 Å². The second-order valence-corrected chi connectivity index (χ2v) is 8.24. The standard InChI is InChI=1S/C25H22N6O2S.CH2O2/c26-23(27)19-10-12-20(13-11-19)29-25(33)22(18-4-2-1-3-5-18)24(32)28-14-16-6-8-17(9-7-16)21-15-34-31-30-21;2-1-3/h1-13,15,22H,14H2,(H3,26,27)(H,28,32)(H,29,33);1H,(H,2,3). The topological polar surface area (TPSA) is 171 Å². The SMILES string of the molecule is N=C(N)c1ccc(NC(=O)C(C(=O)NCc2ccc(-c3csnn3)cc2)c2ccccc2)cc1.O=CO. The van der Waals surface area contributed by atoms with Crippen LogP contribution < -0.4 is 16.4 Å². The number of benzene rings is 3. The number of carboxylic acid groups (broad SMARTS) is 1. The third-order valence-electron chi connectivity index (χ3n) is 5.20. The highest BCUT2D eigenvalue weighted by Gasteiger charge is 2.28. The number of nitrogen functional groups attached to an aromatic ring is 1. The van der Waals surface area contributed by atoms with Crippen LogP contribution in [0.1, 0.15) is 22.6 Å². The summed E-state index contributed by atoms with van der Waals surface area (Å²) in [6.07, 6.45) is 0. The largest absolute Gasteiger partial charge is 0.483 e. The number of nitrogens with one attached hydrogen (secondary N) is 3. The minimum atomic E-state index is -1.03. The fourth-order valence-electron chi connectivity index (χ4n) is 3.39. The molecule has 3 aromatic carbocycles. The molecule has 2 amide bonds. The zero-order valence-corrected chi connectivity index (χ0v) is 20.3. The molecule has 1 heterocycles. The highest BCUT2D eigenvalue weighted by Crippen LogP contribution is 2.21. The van der Waals surface area contributed by atoms with Gasteiger partial charge >= 0.3 is 0 Å². The number of carbonyl (C=O) groups is 3. The van der Waals surface area contributed by atoms with E-state index in [9.17, 15) is 9.59 Å². The number of rotatable bonds is 8. The Morgan fingerprint density at radius 3 is 2.22 bits per heavy atom. The van der Waals surface area contributed by atoms with Crippen molar-refractivity contribution >= 4 is 41.3 Å². The summed E-state index contributed by atoms with van der Waals surface area (Å²) in [4.78, 5) is 34.6. The Bertz CT molecular complexity index is 1330. The van der Waals surface area contributed by atoms with Gasteiger partial charge in [-0.15, -0.1) is 5.10 Å². The lowest BCUT2D eigenvalue weighted by atomic mass is 9.96. The van der Waals surface area contributed by atoms with Crippen molar-refractivity contribution in [1.82, 2.24) is 14.9 Å². The van der Waals surface area contributed by atoms with Crippen LogP contribution in [-0.2, 0) is 20.9 Å². The number of hydrogen-bond acceptors (Lipinski definition) is 7. The van der Waals surface area contributed by atoms with Crippen LogP contribution in [0.15, 0.2) is 84.2 Å². The summed E-state index contributed by atoms with van der Waals surface area (Å²) in [5.41, 5.74) is 9.77. The number of anilines is 1. The van der Waals surface area contributed by atoms with Gasteiger partial charge in [0, 0.05) is 28.7 Å². The molecule has 1 aromatic heterocycles. The average molecular weight is 517 g/mol. The molecule has 0 spiro atoms. The monoisotopic (exact) mass is 516 g/mol. The first kappa shape index (κ1) is 26.7. The maximum absolute atomic E-state index is 13.1. The van der Waals surface area contributed by atoms with Crippen molar-refractivity contribution in [2.75, 3.05) is 5.32 Å². The summed E-state index contributed by atoms with van der Waals surface area (Å²) in [5, 5.41) is 25.9. The molecule has 0 fully saturated rings. The van der Waals surface area contributed by atoms with E-state index in [4.69, 9.17) is 21.0 Å². The normalized spacial score (nSPS) is 10.8. The van der Waals surface area contributed by atoms with Gasteiger partial charge in [0.1, 0.15) is 17.4 Å². The molecular weight excluding hydrogens is 492 g/mol. The van der Waals surface area contributed by atoms with E-state index in [0.717, 1.165) is 16.8 Å². The summed E-state index contributed by atoms with van der Waals surface area (Å²) in [7, 11) is 0. The van der Waals surface area contributed by atoms with Crippen molar-refractivity contribution in [2.45, 2.75) is 12.5 Å². The van der Waals surface area contributed by atoms with Gasteiger partial charge in [-0.2, -0.15) is 0 Å². The van der Waals surface area contributed by atoms with E-state index < -0.39 is 17.7 Å². The minimum absolute atomic E-state index is 0.0595. The highest BCUT2D eigenvalue weighted by molar-refractivity contribution is 7.03.